The molecule has 0 aromatic heterocycles. The lowest BCUT2D eigenvalue weighted by Crippen LogP contribution is -2.47. The first-order chi connectivity index (χ1) is 20.3. The Bertz CT molecular complexity index is 806. The van der Waals surface area contributed by atoms with Gasteiger partial charge in [0.25, 0.3) is 10.1 Å². The predicted octanol–water partition coefficient (Wildman–Crippen LogP) is 9.40. The molecule has 246 valence electrons. The lowest BCUT2D eigenvalue weighted by Gasteiger charge is -2.23. The van der Waals surface area contributed by atoms with Gasteiger partial charge in [-0.25, -0.2) is 0 Å². The highest BCUT2D eigenvalue weighted by atomic mass is 32.2. The molecule has 1 amide bonds. The third kappa shape index (κ3) is 30.0. The van der Waals surface area contributed by atoms with E-state index >= 15 is 0 Å². The highest BCUT2D eigenvalue weighted by Gasteiger charge is 2.26. The maximum atomic E-state index is 12.4. The molecule has 0 aromatic carbocycles. The first kappa shape index (κ1) is 40.6. The molecule has 0 aliphatic heterocycles. The molecule has 0 aliphatic rings. The molecule has 0 saturated carbocycles. The smallest absolute Gasteiger partial charge is 0.266 e. The van der Waals surface area contributed by atoms with Gasteiger partial charge in [-0.2, -0.15) is 8.42 Å². The van der Waals surface area contributed by atoms with Gasteiger partial charge in [-0.05, 0) is 51.4 Å². The van der Waals surface area contributed by atoms with E-state index in [1.807, 2.05) is 0 Å². The van der Waals surface area contributed by atoms with Gasteiger partial charge < -0.3 is 10.4 Å². The Balaban J connectivity index is 3.86. The lowest BCUT2D eigenvalue weighted by molar-refractivity contribution is -0.122. The molecular formula is C35H65NO5S. The van der Waals surface area contributed by atoms with E-state index in [4.69, 9.17) is 0 Å². The standard InChI is InChI=1S/C35H65NO5S/c1-3-5-7-9-11-12-13-14-15-16-17-18-19-20-21-22-23-24-25-27-29-31-35(38)36-33(32-42(39,40)41)34(37)30-28-26-10-8-6-4-2/h13-14,16-17,19-20,33-34,37H,3-12,15,18,21-32H2,1-2H3,(H,36,38)(H,39,40,41)/b14-13-,17-16-,20-19-. The highest BCUT2D eigenvalue weighted by Crippen LogP contribution is 2.13. The summed E-state index contributed by atoms with van der Waals surface area (Å²) in [5, 5.41) is 13.1. The minimum Gasteiger partial charge on any atom is -0.391 e. The van der Waals surface area contributed by atoms with Crippen LogP contribution in [0.15, 0.2) is 36.5 Å². The summed E-state index contributed by atoms with van der Waals surface area (Å²) >= 11 is 0. The van der Waals surface area contributed by atoms with Gasteiger partial charge in [-0.3, -0.25) is 9.35 Å². The molecule has 2 unspecified atom stereocenters. The van der Waals surface area contributed by atoms with E-state index in [-0.39, 0.29) is 5.91 Å². The largest absolute Gasteiger partial charge is 0.391 e. The van der Waals surface area contributed by atoms with Crippen molar-refractivity contribution in [3.8, 4) is 0 Å². The summed E-state index contributed by atoms with van der Waals surface area (Å²) in [6.45, 7) is 4.41. The van der Waals surface area contributed by atoms with Crippen LogP contribution in [0, 0.1) is 0 Å². The molecule has 0 radical (unpaired) electrons. The van der Waals surface area contributed by atoms with Crippen molar-refractivity contribution < 1.29 is 22.9 Å². The molecule has 3 N–H and O–H groups in total. The van der Waals surface area contributed by atoms with Crippen molar-refractivity contribution >= 4 is 16.0 Å². The van der Waals surface area contributed by atoms with Crippen LogP contribution >= 0.6 is 0 Å². The molecular weight excluding hydrogens is 546 g/mol. The average molecular weight is 612 g/mol. The molecule has 7 heteroatoms. The fourth-order valence-electron chi connectivity index (χ4n) is 4.99. The number of rotatable bonds is 30. The Hall–Kier alpha value is -1.44. The zero-order chi connectivity index (χ0) is 31.2. The van der Waals surface area contributed by atoms with Crippen molar-refractivity contribution in [3.05, 3.63) is 36.5 Å². The molecule has 0 fully saturated rings. The van der Waals surface area contributed by atoms with Crippen LogP contribution in [-0.2, 0) is 14.9 Å². The number of carbonyl (C=O) groups is 1. The van der Waals surface area contributed by atoms with Gasteiger partial charge in [0.2, 0.25) is 5.91 Å². The topological polar surface area (TPSA) is 104 Å². The quantitative estimate of drug-likeness (QED) is 0.0426. The van der Waals surface area contributed by atoms with Gasteiger partial charge in [0.05, 0.1) is 17.9 Å². The maximum Gasteiger partial charge on any atom is 0.266 e. The molecule has 0 saturated heterocycles. The van der Waals surface area contributed by atoms with Gasteiger partial charge in [0, 0.05) is 6.42 Å². The molecule has 0 aliphatic carbocycles. The number of carbonyl (C=O) groups excluding carboxylic acids is 1. The van der Waals surface area contributed by atoms with Crippen molar-refractivity contribution in [2.45, 2.75) is 174 Å². The minimum atomic E-state index is -4.30. The van der Waals surface area contributed by atoms with Crippen molar-refractivity contribution in [1.29, 1.82) is 0 Å². The van der Waals surface area contributed by atoms with Crippen molar-refractivity contribution in [3.63, 3.8) is 0 Å². The van der Waals surface area contributed by atoms with Gasteiger partial charge in [-0.15, -0.1) is 0 Å². The van der Waals surface area contributed by atoms with Crippen LogP contribution in [0.3, 0.4) is 0 Å². The summed E-state index contributed by atoms with van der Waals surface area (Å²) in [5.41, 5.74) is 0. The molecule has 6 nitrogen and oxygen atoms in total. The second kappa shape index (κ2) is 29.6. The number of hydrogen-bond donors (Lipinski definition) is 3. The van der Waals surface area contributed by atoms with Gasteiger partial charge >= 0.3 is 0 Å². The average Bonchev–Trinajstić information content (AvgIpc) is 2.94. The van der Waals surface area contributed by atoms with Crippen molar-refractivity contribution in [1.82, 2.24) is 5.32 Å². The molecule has 2 atom stereocenters. The maximum absolute atomic E-state index is 12.4. The van der Waals surface area contributed by atoms with Crippen molar-refractivity contribution in [2.24, 2.45) is 0 Å². The molecule has 0 heterocycles. The minimum absolute atomic E-state index is 0.265. The summed E-state index contributed by atoms with van der Waals surface area (Å²) in [7, 11) is -4.30. The first-order valence-electron chi connectivity index (χ1n) is 17.2. The number of allylic oxidation sites excluding steroid dienone is 6. The van der Waals surface area contributed by atoms with E-state index in [1.165, 1.54) is 64.2 Å². The number of unbranched alkanes of at least 4 members (excludes halogenated alkanes) is 16. The number of nitrogens with one attached hydrogen (secondary N) is 1. The number of amides is 1. The Morgan fingerprint density at radius 3 is 1.57 bits per heavy atom. The summed E-state index contributed by atoms with van der Waals surface area (Å²) in [6, 6.07) is -0.974. The second-order valence-corrected chi connectivity index (χ2v) is 13.3. The molecule has 0 spiro atoms. The van der Waals surface area contributed by atoms with Gasteiger partial charge in [0.15, 0.2) is 0 Å². The normalized spacial score (nSPS) is 13.9. The lowest BCUT2D eigenvalue weighted by atomic mass is 10.0. The second-order valence-electron chi connectivity index (χ2n) is 11.8. The zero-order valence-corrected chi connectivity index (χ0v) is 27.9. The van der Waals surface area contributed by atoms with Crippen LogP contribution in [0.25, 0.3) is 0 Å². The Morgan fingerprint density at radius 1 is 0.643 bits per heavy atom. The summed E-state index contributed by atoms with van der Waals surface area (Å²) in [5.74, 6) is -0.921. The number of aliphatic hydroxyl groups is 1. The van der Waals surface area contributed by atoms with E-state index in [0.717, 1.165) is 70.6 Å². The zero-order valence-electron chi connectivity index (χ0n) is 27.1. The van der Waals surface area contributed by atoms with E-state index in [0.29, 0.717) is 12.8 Å². The number of hydrogen-bond acceptors (Lipinski definition) is 4. The molecule has 0 aromatic rings. The van der Waals surface area contributed by atoms with Crippen LogP contribution in [0.5, 0.6) is 0 Å². The molecule has 0 rings (SSSR count). The fraction of sp³-hybridized carbons (Fsp3) is 0.800. The van der Waals surface area contributed by atoms with E-state index in [9.17, 15) is 22.9 Å². The summed E-state index contributed by atoms with van der Waals surface area (Å²) < 4.78 is 32.1. The van der Waals surface area contributed by atoms with Crippen molar-refractivity contribution in [2.75, 3.05) is 5.75 Å². The van der Waals surface area contributed by atoms with Crippen LogP contribution in [0.4, 0.5) is 0 Å². The highest BCUT2D eigenvalue weighted by molar-refractivity contribution is 7.85. The Labute approximate surface area is 259 Å². The third-order valence-electron chi connectivity index (χ3n) is 7.60. The fourth-order valence-corrected chi connectivity index (χ4v) is 5.75. The first-order valence-corrected chi connectivity index (χ1v) is 18.8. The van der Waals surface area contributed by atoms with Gasteiger partial charge in [0.1, 0.15) is 0 Å². The monoisotopic (exact) mass is 611 g/mol. The van der Waals surface area contributed by atoms with Crippen LogP contribution in [0.2, 0.25) is 0 Å². The molecule has 0 bridgehead atoms. The third-order valence-corrected chi connectivity index (χ3v) is 8.38. The van der Waals surface area contributed by atoms with Gasteiger partial charge in [-0.1, -0.05) is 140 Å². The summed E-state index contributed by atoms with van der Waals surface area (Å²) in [4.78, 5) is 12.4. The van der Waals surface area contributed by atoms with E-state index in [1.54, 1.807) is 0 Å². The Morgan fingerprint density at radius 2 is 1.07 bits per heavy atom. The van der Waals surface area contributed by atoms with E-state index in [2.05, 4.69) is 55.6 Å². The van der Waals surface area contributed by atoms with Crippen LogP contribution in [-0.4, -0.2) is 41.9 Å². The number of aliphatic hydroxyl groups excluding tert-OH is 1. The van der Waals surface area contributed by atoms with E-state index < -0.39 is 28.0 Å². The van der Waals surface area contributed by atoms with Crippen LogP contribution in [0.1, 0.15) is 162 Å². The molecule has 42 heavy (non-hydrogen) atoms. The predicted molar refractivity (Wildman–Crippen MR) is 179 cm³/mol. The van der Waals surface area contributed by atoms with Crippen LogP contribution < -0.4 is 5.32 Å². The Kier molecular flexibility index (Phi) is 28.6. The SMILES string of the molecule is CCCCCCC/C=C\C/C=C\C/C=C\CCCCCCCCC(=O)NC(CS(=O)(=O)O)C(O)CCCCCCCC. The summed E-state index contributed by atoms with van der Waals surface area (Å²) in [6.07, 6.45) is 36.9.